The van der Waals surface area contributed by atoms with Crippen LogP contribution in [-0.4, -0.2) is 35.9 Å². The van der Waals surface area contributed by atoms with Crippen molar-refractivity contribution in [2.75, 3.05) is 6.54 Å². The van der Waals surface area contributed by atoms with Gasteiger partial charge in [-0.1, -0.05) is 23.2 Å². The monoisotopic (exact) mass is 345 g/mol. The first-order valence-electron chi connectivity index (χ1n) is 5.15. The first-order valence-corrected chi connectivity index (χ1v) is 8.17. The Morgan fingerprint density at radius 3 is 2.26 bits per heavy atom. The standard InChI is InChI=1S/C10H13Cl2NO4S2/c1-10(2,3)13(5-8(14)15)19(16,17)6-4-7(11)18-9(6)12/h4H,5H2,1-3H3,(H,14,15). The summed E-state index contributed by atoms with van der Waals surface area (Å²) in [5.74, 6) is -1.24. The molecule has 0 radical (unpaired) electrons. The van der Waals surface area contributed by atoms with Gasteiger partial charge in [-0.3, -0.25) is 4.79 Å². The molecule has 0 fully saturated rings. The summed E-state index contributed by atoms with van der Waals surface area (Å²) < 4.78 is 26.1. The molecule has 0 saturated carbocycles. The molecule has 1 aromatic heterocycles. The van der Waals surface area contributed by atoms with E-state index in [9.17, 15) is 13.2 Å². The number of rotatable bonds is 4. The Morgan fingerprint density at radius 2 is 1.95 bits per heavy atom. The number of hydrogen-bond acceptors (Lipinski definition) is 4. The minimum absolute atomic E-state index is 0.0182. The lowest BCUT2D eigenvalue weighted by atomic mass is 10.1. The number of sulfonamides is 1. The van der Waals surface area contributed by atoms with Crippen molar-refractivity contribution >= 4 is 50.5 Å². The Bertz CT molecular complexity index is 589. The molecule has 0 unspecified atom stereocenters. The molecule has 108 valence electrons. The summed E-state index contributed by atoms with van der Waals surface area (Å²) in [5.41, 5.74) is -0.894. The van der Waals surface area contributed by atoms with Crippen molar-refractivity contribution in [3.63, 3.8) is 0 Å². The van der Waals surface area contributed by atoms with Crippen molar-refractivity contribution < 1.29 is 18.3 Å². The highest BCUT2D eigenvalue weighted by atomic mass is 35.5. The van der Waals surface area contributed by atoms with E-state index in [1.54, 1.807) is 20.8 Å². The molecule has 1 aromatic rings. The van der Waals surface area contributed by atoms with Gasteiger partial charge in [0, 0.05) is 5.54 Å². The maximum atomic E-state index is 12.5. The summed E-state index contributed by atoms with van der Waals surface area (Å²) in [6.07, 6.45) is 0. The van der Waals surface area contributed by atoms with Crippen LogP contribution in [0.3, 0.4) is 0 Å². The van der Waals surface area contributed by atoms with Crippen LogP contribution >= 0.6 is 34.5 Å². The minimum Gasteiger partial charge on any atom is -0.480 e. The smallest absolute Gasteiger partial charge is 0.318 e. The van der Waals surface area contributed by atoms with Gasteiger partial charge in [0.25, 0.3) is 0 Å². The highest BCUT2D eigenvalue weighted by molar-refractivity contribution is 7.89. The fraction of sp³-hybridized carbons (Fsp3) is 0.500. The minimum atomic E-state index is -4.02. The first kappa shape index (κ1) is 16.7. The third-order valence-electron chi connectivity index (χ3n) is 2.22. The SMILES string of the molecule is CC(C)(C)N(CC(=O)O)S(=O)(=O)c1cc(Cl)sc1Cl. The molecule has 0 amide bonds. The summed E-state index contributed by atoms with van der Waals surface area (Å²) in [4.78, 5) is 10.7. The molecule has 19 heavy (non-hydrogen) atoms. The number of thiophene rings is 1. The van der Waals surface area contributed by atoms with E-state index in [4.69, 9.17) is 28.3 Å². The van der Waals surface area contributed by atoms with Gasteiger partial charge in [0.05, 0.1) is 4.34 Å². The summed E-state index contributed by atoms with van der Waals surface area (Å²) in [6.45, 7) is 4.18. The van der Waals surface area contributed by atoms with Crippen molar-refractivity contribution in [2.24, 2.45) is 0 Å². The molecule has 5 nitrogen and oxygen atoms in total. The lowest BCUT2D eigenvalue weighted by Gasteiger charge is -2.32. The summed E-state index contributed by atoms with van der Waals surface area (Å²) in [6, 6.07) is 1.23. The average Bonchev–Trinajstić information content (AvgIpc) is 2.53. The zero-order valence-electron chi connectivity index (χ0n) is 10.5. The number of carboxylic acid groups (broad SMARTS) is 1. The molecule has 0 aliphatic carbocycles. The fourth-order valence-corrected chi connectivity index (χ4v) is 5.28. The van der Waals surface area contributed by atoms with Gasteiger partial charge in [-0.15, -0.1) is 11.3 Å². The molecule has 1 N–H and O–H groups in total. The summed E-state index contributed by atoms with van der Waals surface area (Å²) in [7, 11) is -4.02. The molecule has 0 aliphatic rings. The second-order valence-electron chi connectivity index (χ2n) is 4.76. The van der Waals surface area contributed by atoms with Crippen molar-refractivity contribution in [3.8, 4) is 0 Å². The predicted octanol–water partition coefficient (Wildman–Crippen LogP) is 2.93. The maximum absolute atomic E-state index is 12.5. The number of carboxylic acids is 1. The lowest BCUT2D eigenvalue weighted by Crippen LogP contribution is -2.48. The van der Waals surface area contributed by atoms with Crippen molar-refractivity contribution in [2.45, 2.75) is 31.2 Å². The number of aliphatic carboxylic acids is 1. The normalized spacial score (nSPS) is 12.9. The number of nitrogens with zero attached hydrogens (tertiary/aromatic N) is 1. The van der Waals surface area contributed by atoms with E-state index in [0.29, 0.717) is 0 Å². The van der Waals surface area contributed by atoms with Gasteiger partial charge in [-0.2, -0.15) is 4.31 Å². The molecular weight excluding hydrogens is 333 g/mol. The van der Waals surface area contributed by atoms with E-state index < -0.39 is 28.1 Å². The number of hydrogen-bond donors (Lipinski definition) is 1. The summed E-state index contributed by atoms with van der Waals surface area (Å²) in [5, 5.41) is 8.87. The van der Waals surface area contributed by atoms with Crippen molar-refractivity contribution in [1.82, 2.24) is 4.31 Å². The van der Waals surface area contributed by atoms with E-state index in [1.165, 1.54) is 6.07 Å². The molecule has 0 bridgehead atoms. The largest absolute Gasteiger partial charge is 0.480 e. The van der Waals surface area contributed by atoms with E-state index in [2.05, 4.69) is 0 Å². The number of carbonyl (C=O) groups is 1. The molecule has 0 spiro atoms. The van der Waals surface area contributed by atoms with E-state index in [0.717, 1.165) is 15.6 Å². The second-order valence-corrected chi connectivity index (χ2v) is 8.88. The van der Waals surface area contributed by atoms with E-state index in [-0.39, 0.29) is 13.6 Å². The average molecular weight is 346 g/mol. The van der Waals surface area contributed by atoms with Crippen LogP contribution in [0.15, 0.2) is 11.0 Å². The van der Waals surface area contributed by atoms with E-state index in [1.807, 2.05) is 0 Å². The molecule has 0 aromatic carbocycles. The van der Waals surface area contributed by atoms with Gasteiger partial charge in [-0.05, 0) is 26.8 Å². The van der Waals surface area contributed by atoms with Crippen LogP contribution in [0.2, 0.25) is 8.67 Å². The molecular formula is C10H13Cl2NO4S2. The summed E-state index contributed by atoms with van der Waals surface area (Å²) >= 11 is 12.5. The third kappa shape index (κ3) is 3.82. The maximum Gasteiger partial charge on any atom is 0.318 e. The zero-order valence-corrected chi connectivity index (χ0v) is 13.6. The Kier molecular flexibility index (Phi) is 4.90. The first-order chi connectivity index (χ1) is 8.46. The van der Waals surface area contributed by atoms with Gasteiger partial charge in [0.2, 0.25) is 10.0 Å². The Labute approximate surface area is 125 Å². The quantitative estimate of drug-likeness (QED) is 0.910. The van der Waals surface area contributed by atoms with Crippen LogP contribution in [0.4, 0.5) is 0 Å². The van der Waals surface area contributed by atoms with Crippen LogP contribution in [0.25, 0.3) is 0 Å². The van der Waals surface area contributed by atoms with Crippen molar-refractivity contribution in [3.05, 3.63) is 14.7 Å². The molecule has 1 rings (SSSR count). The van der Waals surface area contributed by atoms with Crippen LogP contribution < -0.4 is 0 Å². The van der Waals surface area contributed by atoms with Gasteiger partial charge in [-0.25, -0.2) is 8.42 Å². The predicted molar refractivity (Wildman–Crippen MR) is 75.6 cm³/mol. The highest BCUT2D eigenvalue weighted by Crippen LogP contribution is 2.37. The Hall–Kier alpha value is -0.340. The van der Waals surface area contributed by atoms with Crippen LogP contribution in [0, 0.1) is 0 Å². The van der Waals surface area contributed by atoms with Gasteiger partial charge >= 0.3 is 5.97 Å². The molecule has 0 saturated heterocycles. The van der Waals surface area contributed by atoms with E-state index >= 15 is 0 Å². The lowest BCUT2D eigenvalue weighted by molar-refractivity contribution is -0.138. The van der Waals surface area contributed by atoms with Gasteiger partial charge in [0.15, 0.2) is 0 Å². The Balaban J connectivity index is 3.36. The number of halogens is 2. The molecule has 1 heterocycles. The second kappa shape index (κ2) is 5.57. The fourth-order valence-electron chi connectivity index (χ4n) is 1.43. The third-order valence-corrected chi connectivity index (χ3v) is 6.08. The molecule has 0 atom stereocenters. The highest BCUT2D eigenvalue weighted by Gasteiger charge is 2.37. The Morgan fingerprint density at radius 1 is 1.42 bits per heavy atom. The molecule has 0 aliphatic heterocycles. The molecule has 9 heteroatoms. The van der Waals surface area contributed by atoms with Crippen LogP contribution in [0.1, 0.15) is 20.8 Å². The van der Waals surface area contributed by atoms with Crippen LogP contribution in [-0.2, 0) is 14.8 Å². The van der Waals surface area contributed by atoms with Crippen LogP contribution in [0.5, 0.6) is 0 Å². The van der Waals surface area contributed by atoms with Gasteiger partial charge in [0.1, 0.15) is 15.8 Å². The van der Waals surface area contributed by atoms with Crippen molar-refractivity contribution in [1.29, 1.82) is 0 Å². The van der Waals surface area contributed by atoms with Gasteiger partial charge < -0.3 is 5.11 Å². The topological polar surface area (TPSA) is 74.7 Å². The zero-order chi connectivity index (χ0) is 15.0.